The SMILES string of the molecule is C[N+](=CC1CN(C(=O)C2CCN(C(=O)C3CCOCC3)CC2)CC1c1ccc(Cl)cc1)C(=O)Oc1ccc(F)cc1. The van der Waals surface area contributed by atoms with Gasteiger partial charge in [-0.2, -0.15) is 4.79 Å². The molecule has 3 saturated heterocycles. The molecule has 3 fully saturated rings. The van der Waals surface area contributed by atoms with Gasteiger partial charge in [0.15, 0.2) is 6.21 Å². The number of likely N-dealkylation sites (tertiary alicyclic amines) is 2. The fraction of sp³-hybridized carbons (Fsp3) is 0.484. The van der Waals surface area contributed by atoms with Crippen LogP contribution in [-0.4, -0.2) is 84.9 Å². The standard InChI is InChI=1S/C31H36ClFN3O5/c1-34(31(39)41-27-8-6-26(33)7-9-27)18-24-19-36(20-28(24)21-2-4-25(32)5-3-21)30(38)22-10-14-35(15-11-22)29(37)23-12-16-40-17-13-23/h2-9,18,22-24,28H,10-17,19-20H2,1H3/q+1. The average Bonchev–Trinajstić information content (AvgIpc) is 3.42. The molecule has 218 valence electrons. The number of rotatable bonds is 5. The summed E-state index contributed by atoms with van der Waals surface area (Å²) in [5, 5.41) is 0.627. The summed E-state index contributed by atoms with van der Waals surface area (Å²) in [5.41, 5.74) is 1.03. The Morgan fingerprint density at radius 3 is 2.17 bits per heavy atom. The van der Waals surface area contributed by atoms with Crippen LogP contribution in [0.15, 0.2) is 48.5 Å². The fourth-order valence-corrected chi connectivity index (χ4v) is 6.18. The van der Waals surface area contributed by atoms with Gasteiger partial charge in [0, 0.05) is 62.2 Å². The molecule has 0 bridgehead atoms. The Morgan fingerprint density at radius 2 is 1.51 bits per heavy atom. The molecular weight excluding hydrogens is 549 g/mol. The normalized spacial score (nSPS) is 22.6. The maximum absolute atomic E-state index is 13.7. The molecule has 0 aliphatic carbocycles. The van der Waals surface area contributed by atoms with E-state index in [1.807, 2.05) is 34.1 Å². The predicted molar refractivity (Wildman–Crippen MR) is 152 cm³/mol. The molecule has 2 atom stereocenters. The molecule has 10 heteroatoms. The molecule has 3 heterocycles. The molecule has 2 unspecified atom stereocenters. The van der Waals surface area contributed by atoms with E-state index >= 15 is 0 Å². The van der Waals surface area contributed by atoms with Crippen molar-refractivity contribution in [2.24, 2.45) is 17.8 Å². The minimum Gasteiger partial charge on any atom is -0.381 e. The molecule has 5 rings (SSSR count). The van der Waals surface area contributed by atoms with Crippen LogP contribution in [0.4, 0.5) is 9.18 Å². The highest BCUT2D eigenvalue weighted by atomic mass is 35.5. The van der Waals surface area contributed by atoms with Gasteiger partial charge < -0.3 is 19.3 Å². The highest BCUT2D eigenvalue weighted by Gasteiger charge is 2.41. The van der Waals surface area contributed by atoms with Crippen molar-refractivity contribution in [3.05, 3.63) is 64.9 Å². The molecule has 8 nitrogen and oxygen atoms in total. The molecule has 0 spiro atoms. The smallest absolute Gasteiger partial charge is 0.381 e. The zero-order valence-electron chi connectivity index (χ0n) is 23.2. The van der Waals surface area contributed by atoms with E-state index in [0.29, 0.717) is 57.3 Å². The first-order valence-corrected chi connectivity index (χ1v) is 14.6. The molecule has 2 aromatic rings. The van der Waals surface area contributed by atoms with Gasteiger partial charge in [-0.1, -0.05) is 23.7 Å². The third-order valence-electron chi connectivity index (χ3n) is 8.42. The second-order valence-electron chi connectivity index (χ2n) is 11.1. The van der Waals surface area contributed by atoms with E-state index in [1.165, 1.54) is 28.8 Å². The van der Waals surface area contributed by atoms with E-state index in [2.05, 4.69) is 0 Å². The van der Waals surface area contributed by atoms with Crippen molar-refractivity contribution in [3.8, 4) is 5.75 Å². The van der Waals surface area contributed by atoms with Crippen LogP contribution in [0, 0.1) is 23.6 Å². The van der Waals surface area contributed by atoms with E-state index in [1.54, 1.807) is 13.3 Å². The van der Waals surface area contributed by atoms with Gasteiger partial charge in [-0.05, 0) is 67.6 Å². The van der Waals surface area contributed by atoms with Gasteiger partial charge in [0.1, 0.15) is 18.6 Å². The molecule has 3 aliphatic heterocycles. The molecule has 41 heavy (non-hydrogen) atoms. The van der Waals surface area contributed by atoms with E-state index in [9.17, 15) is 18.8 Å². The first kappa shape index (κ1) is 29.2. The van der Waals surface area contributed by atoms with Crippen LogP contribution in [0.3, 0.4) is 0 Å². The summed E-state index contributed by atoms with van der Waals surface area (Å²) in [5.74, 6) is -0.174. The Hall–Kier alpha value is -3.30. The van der Waals surface area contributed by atoms with Crippen molar-refractivity contribution in [1.29, 1.82) is 0 Å². The van der Waals surface area contributed by atoms with Crippen molar-refractivity contribution in [1.82, 2.24) is 9.80 Å². The Bertz CT molecular complexity index is 1270. The summed E-state index contributed by atoms with van der Waals surface area (Å²) in [6.45, 7) is 3.42. The van der Waals surface area contributed by atoms with Crippen LogP contribution in [-0.2, 0) is 14.3 Å². The zero-order valence-corrected chi connectivity index (χ0v) is 24.0. The number of piperidine rings is 1. The topological polar surface area (TPSA) is 79.2 Å². The third-order valence-corrected chi connectivity index (χ3v) is 8.68. The minimum absolute atomic E-state index is 0.0257. The summed E-state index contributed by atoms with van der Waals surface area (Å²) < 4.78 is 25.4. The molecule has 2 aromatic carbocycles. The quantitative estimate of drug-likeness (QED) is 0.379. The third kappa shape index (κ3) is 7.13. The Balaban J connectivity index is 1.25. The second-order valence-corrected chi connectivity index (χ2v) is 11.6. The number of hydrogen-bond donors (Lipinski definition) is 0. The average molecular weight is 585 g/mol. The van der Waals surface area contributed by atoms with Crippen molar-refractivity contribution >= 4 is 35.7 Å². The Kier molecular flexibility index (Phi) is 9.35. The molecule has 0 aromatic heterocycles. The number of halogens is 2. The molecule has 0 N–H and O–H groups in total. The Morgan fingerprint density at radius 1 is 0.902 bits per heavy atom. The summed E-state index contributed by atoms with van der Waals surface area (Å²) >= 11 is 6.13. The summed E-state index contributed by atoms with van der Waals surface area (Å²) in [6.07, 6.45) is 4.02. The molecule has 3 amide bonds. The van der Waals surface area contributed by atoms with Gasteiger partial charge >= 0.3 is 6.09 Å². The number of carbonyl (C=O) groups is 3. The highest BCUT2D eigenvalue weighted by molar-refractivity contribution is 6.30. The summed E-state index contributed by atoms with van der Waals surface area (Å²) in [6, 6.07) is 12.8. The number of amides is 3. The van der Waals surface area contributed by atoms with Gasteiger partial charge in [0.25, 0.3) is 0 Å². The van der Waals surface area contributed by atoms with Crippen molar-refractivity contribution in [3.63, 3.8) is 0 Å². The lowest BCUT2D eigenvalue weighted by Crippen LogP contribution is -2.46. The van der Waals surface area contributed by atoms with Gasteiger partial charge in [0.2, 0.25) is 11.8 Å². The molecule has 0 radical (unpaired) electrons. The maximum atomic E-state index is 13.7. The lowest BCUT2D eigenvalue weighted by molar-refractivity contribution is -0.405. The van der Waals surface area contributed by atoms with Crippen molar-refractivity contribution in [2.75, 3.05) is 46.4 Å². The van der Waals surface area contributed by atoms with E-state index in [0.717, 1.165) is 18.4 Å². The predicted octanol–water partition coefficient (Wildman–Crippen LogP) is 4.60. The van der Waals surface area contributed by atoms with Gasteiger partial charge in [0.05, 0.1) is 5.92 Å². The number of carbonyl (C=O) groups excluding carboxylic acids is 3. The summed E-state index contributed by atoms with van der Waals surface area (Å²) in [7, 11) is 1.61. The fourth-order valence-electron chi connectivity index (χ4n) is 6.05. The van der Waals surface area contributed by atoms with E-state index < -0.39 is 11.9 Å². The summed E-state index contributed by atoms with van der Waals surface area (Å²) in [4.78, 5) is 43.2. The van der Waals surface area contributed by atoms with Crippen LogP contribution in [0.2, 0.25) is 5.02 Å². The largest absolute Gasteiger partial charge is 0.601 e. The molecule has 0 saturated carbocycles. The minimum atomic E-state index is -0.599. The van der Waals surface area contributed by atoms with Crippen LogP contribution in [0.5, 0.6) is 5.75 Å². The van der Waals surface area contributed by atoms with Crippen LogP contribution >= 0.6 is 11.6 Å². The van der Waals surface area contributed by atoms with E-state index in [4.69, 9.17) is 21.1 Å². The van der Waals surface area contributed by atoms with Crippen LogP contribution < -0.4 is 4.74 Å². The molecular formula is C31H36ClFN3O5+. The highest BCUT2D eigenvalue weighted by Crippen LogP contribution is 2.34. The van der Waals surface area contributed by atoms with Crippen molar-refractivity contribution < 1.29 is 32.8 Å². The van der Waals surface area contributed by atoms with Crippen LogP contribution in [0.25, 0.3) is 0 Å². The van der Waals surface area contributed by atoms with E-state index in [-0.39, 0.29) is 41.2 Å². The van der Waals surface area contributed by atoms with Gasteiger partial charge in [-0.15, -0.1) is 4.58 Å². The maximum Gasteiger partial charge on any atom is 0.601 e. The Labute approximate surface area is 244 Å². The number of ether oxygens (including phenoxy) is 2. The lowest BCUT2D eigenvalue weighted by Gasteiger charge is -2.35. The first-order valence-electron chi connectivity index (χ1n) is 14.2. The zero-order chi connectivity index (χ0) is 28.9. The second kappa shape index (κ2) is 13.1. The van der Waals surface area contributed by atoms with Crippen LogP contribution in [0.1, 0.15) is 37.2 Å². The molecule has 3 aliphatic rings. The monoisotopic (exact) mass is 584 g/mol. The number of nitrogens with zero attached hydrogens (tertiary/aromatic N) is 3. The van der Waals surface area contributed by atoms with Gasteiger partial charge in [-0.25, -0.2) is 4.39 Å². The van der Waals surface area contributed by atoms with Crippen molar-refractivity contribution in [2.45, 2.75) is 31.6 Å². The van der Waals surface area contributed by atoms with Gasteiger partial charge in [-0.3, -0.25) is 9.59 Å². The first-order chi connectivity index (χ1) is 19.8. The number of benzene rings is 2. The lowest BCUT2D eigenvalue weighted by atomic mass is 9.90. The number of hydrogen-bond acceptors (Lipinski definition) is 5.